The quantitative estimate of drug-likeness (QED) is 0.686. The highest BCUT2D eigenvalue weighted by atomic mass is 16.3. The lowest BCUT2D eigenvalue weighted by atomic mass is 10.2. The maximum absolute atomic E-state index is 11.0. The summed E-state index contributed by atoms with van der Waals surface area (Å²) in [5.41, 5.74) is 5.92. The largest absolute Gasteiger partial charge is 0.464 e. The molecule has 0 unspecified atom stereocenters. The van der Waals surface area contributed by atoms with Crippen LogP contribution in [0.1, 0.15) is 0 Å². The Balaban J connectivity index is 2.59. The van der Waals surface area contributed by atoms with E-state index >= 15 is 0 Å². The van der Waals surface area contributed by atoms with Crippen LogP contribution in [-0.4, -0.2) is 4.98 Å². The van der Waals surface area contributed by atoms with Gasteiger partial charge in [-0.05, 0) is 18.2 Å². The second-order valence-electron chi connectivity index (χ2n) is 2.67. The van der Waals surface area contributed by atoms with Gasteiger partial charge in [0.1, 0.15) is 11.6 Å². The number of rotatable bonds is 1. The molecule has 0 atom stereocenters. The van der Waals surface area contributed by atoms with Crippen molar-refractivity contribution in [2.75, 3.05) is 5.73 Å². The SMILES string of the molecule is Nc1cc(-c2ccco2)cc(=O)[nH]1. The van der Waals surface area contributed by atoms with Crippen molar-refractivity contribution in [2.24, 2.45) is 0 Å². The first kappa shape index (κ1) is 7.67. The third-order valence-electron chi connectivity index (χ3n) is 1.67. The third kappa shape index (κ3) is 1.46. The van der Waals surface area contributed by atoms with E-state index in [9.17, 15) is 4.79 Å². The Kier molecular flexibility index (Phi) is 1.66. The van der Waals surface area contributed by atoms with Gasteiger partial charge in [0.25, 0.3) is 0 Å². The lowest BCUT2D eigenvalue weighted by Crippen LogP contribution is -2.07. The number of pyridine rings is 1. The molecule has 0 aliphatic rings. The fourth-order valence-electron chi connectivity index (χ4n) is 1.15. The van der Waals surface area contributed by atoms with Crippen LogP contribution in [0.4, 0.5) is 5.82 Å². The van der Waals surface area contributed by atoms with Gasteiger partial charge >= 0.3 is 0 Å². The van der Waals surface area contributed by atoms with Crippen molar-refractivity contribution in [3.63, 3.8) is 0 Å². The molecule has 0 aromatic carbocycles. The number of nitrogens with two attached hydrogens (primary N) is 1. The lowest BCUT2D eigenvalue weighted by Gasteiger charge is -1.96. The van der Waals surface area contributed by atoms with Gasteiger partial charge < -0.3 is 15.1 Å². The molecule has 0 bridgehead atoms. The highest BCUT2D eigenvalue weighted by Gasteiger charge is 2.01. The number of aromatic amines is 1. The molecule has 0 radical (unpaired) electrons. The van der Waals surface area contributed by atoms with Crippen LogP contribution < -0.4 is 11.3 Å². The summed E-state index contributed by atoms with van der Waals surface area (Å²) in [6.45, 7) is 0. The van der Waals surface area contributed by atoms with E-state index in [1.54, 1.807) is 24.5 Å². The topological polar surface area (TPSA) is 72.0 Å². The van der Waals surface area contributed by atoms with Gasteiger partial charge in [0.05, 0.1) is 6.26 Å². The molecule has 2 rings (SSSR count). The Morgan fingerprint density at radius 3 is 2.85 bits per heavy atom. The van der Waals surface area contributed by atoms with Crippen LogP contribution in [0, 0.1) is 0 Å². The highest BCUT2D eigenvalue weighted by Crippen LogP contribution is 2.18. The first-order valence-electron chi connectivity index (χ1n) is 3.79. The Hall–Kier alpha value is -1.97. The van der Waals surface area contributed by atoms with E-state index in [0.717, 1.165) is 0 Å². The first-order valence-corrected chi connectivity index (χ1v) is 3.79. The molecule has 3 N–H and O–H groups in total. The Morgan fingerprint density at radius 1 is 1.38 bits per heavy atom. The predicted molar refractivity (Wildman–Crippen MR) is 49.2 cm³/mol. The van der Waals surface area contributed by atoms with E-state index in [4.69, 9.17) is 10.2 Å². The molecule has 2 aromatic heterocycles. The first-order chi connectivity index (χ1) is 6.25. The molecule has 2 heterocycles. The van der Waals surface area contributed by atoms with Crippen LogP contribution in [0.5, 0.6) is 0 Å². The van der Waals surface area contributed by atoms with Crippen LogP contribution in [-0.2, 0) is 0 Å². The number of H-pyrrole nitrogens is 1. The molecule has 0 spiro atoms. The molecule has 4 nitrogen and oxygen atoms in total. The summed E-state index contributed by atoms with van der Waals surface area (Å²) in [6, 6.07) is 6.62. The van der Waals surface area contributed by atoms with E-state index in [0.29, 0.717) is 17.1 Å². The van der Waals surface area contributed by atoms with Crippen molar-refractivity contribution in [1.29, 1.82) is 0 Å². The van der Waals surface area contributed by atoms with Crippen molar-refractivity contribution in [3.05, 3.63) is 40.9 Å². The van der Waals surface area contributed by atoms with Crippen LogP contribution >= 0.6 is 0 Å². The molecule has 0 saturated heterocycles. The minimum atomic E-state index is -0.230. The molecule has 0 saturated carbocycles. The van der Waals surface area contributed by atoms with E-state index < -0.39 is 0 Å². The van der Waals surface area contributed by atoms with Crippen molar-refractivity contribution in [1.82, 2.24) is 4.98 Å². The average molecular weight is 176 g/mol. The number of furan rings is 1. The molecular formula is C9H8N2O2. The van der Waals surface area contributed by atoms with Gasteiger partial charge in [-0.25, -0.2) is 0 Å². The number of nitrogens with one attached hydrogen (secondary N) is 1. The summed E-state index contributed by atoms with van der Waals surface area (Å²) < 4.78 is 5.12. The number of aromatic nitrogens is 1. The summed E-state index contributed by atoms with van der Waals surface area (Å²) in [7, 11) is 0. The fourth-order valence-corrected chi connectivity index (χ4v) is 1.15. The maximum atomic E-state index is 11.0. The normalized spacial score (nSPS) is 10.2. The minimum absolute atomic E-state index is 0.230. The molecule has 66 valence electrons. The third-order valence-corrected chi connectivity index (χ3v) is 1.67. The summed E-state index contributed by atoms with van der Waals surface area (Å²) in [5.74, 6) is 0.969. The Morgan fingerprint density at radius 2 is 2.23 bits per heavy atom. The summed E-state index contributed by atoms with van der Waals surface area (Å²) >= 11 is 0. The second kappa shape index (κ2) is 2.82. The number of hydrogen-bond acceptors (Lipinski definition) is 3. The maximum Gasteiger partial charge on any atom is 0.250 e. The molecular weight excluding hydrogens is 168 g/mol. The monoisotopic (exact) mass is 176 g/mol. The molecule has 0 aliphatic carbocycles. The van der Waals surface area contributed by atoms with Crippen LogP contribution in [0.25, 0.3) is 11.3 Å². The van der Waals surface area contributed by atoms with Gasteiger partial charge in [0, 0.05) is 11.6 Å². The molecule has 2 aromatic rings. The van der Waals surface area contributed by atoms with E-state index in [1.165, 1.54) is 6.07 Å². The van der Waals surface area contributed by atoms with Crippen LogP contribution in [0.15, 0.2) is 39.7 Å². The van der Waals surface area contributed by atoms with Gasteiger partial charge in [-0.2, -0.15) is 0 Å². The fraction of sp³-hybridized carbons (Fsp3) is 0. The van der Waals surface area contributed by atoms with E-state index in [1.807, 2.05) is 0 Å². The van der Waals surface area contributed by atoms with E-state index in [2.05, 4.69) is 4.98 Å². The van der Waals surface area contributed by atoms with Gasteiger partial charge in [-0.1, -0.05) is 0 Å². The number of hydrogen-bond donors (Lipinski definition) is 2. The molecule has 4 heteroatoms. The van der Waals surface area contributed by atoms with Crippen molar-refractivity contribution in [3.8, 4) is 11.3 Å². The summed E-state index contributed by atoms with van der Waals surface area (Å²) in [5, 5.41) is 0. The smallest absolute Gasteiger partial charge is 0.250 e. The van der Waals surface area contributed by atoms with Crippen molar-refractivity contribution < 1.29 is 4.42 Å². The number of nitrogen functional groups attached to an aromatic ring is 1. The van der Waals surface area contributed by atoms with Gasteiger partial charge in [0.15, 0.2) is 0 Å². The predicted octanol–water partition coefficient (Wildman–Crippen LogP) is 1.22. The molecule has 13 heavy (non-hydrogen) atoms. The van der Waals surface area contributed by atoms with Gasteiger partial charge in [-0.3, -0.25) is 4.79 Å². The molecule has 0 fully saturated rings. The zero-order valence-corrected chi connectivity index (χ0v) is 6.78. The van der Waals surface area contributed by atoms with Crippen LogP contribution in [0.2, 0.25) is 0 Å². The lowest BCUT2D eigenvalue weighted by molar-refractivity contribution is 0.582. The zero-order valence-electron chi connectivity index (χ0n) is 6.78. The Labute approximate surface area is 74.0 Å². The van der Waals surface area contributed by atoms with Gasteiger partial charge in [0.2, 0.25) is 5.56 Å². The van der Waals surface area contributed by atoms with E-state index in [-0.39, 0.29) is 5.56 Å². The summed E-state index contributed by atoms with van der Waals surface area (Å²) in [4.78, 5) is 13.5. The Bertz CT molecular complexity index is 457. The molecule has 0 amide bonds. The number of anilines is 1. The second-order valence-corrected chi connectivity index (χ2v) is 2.67. The van der Waals surface area contributed by atoms with Crippen molar-refractivity contribution in [2.45, 2.75) is 0 Å². The molecule has 0 aliphatic heterocycles. The minimum Gasteiger partial charge on any atom is -0.464 e. The van der Waals surface area contributed by atoms with Crippen LogP contribution in [0.3, 0.4) is 0 Å². The average Bonchev–Trinajstić information content (AvgIpc) is 2.53. The van der Waals surface area contributed by atoms with Crippen molar-refractivity contribution >= 4 is 5.82 Å². The summed E-state index contributed by atoms with van der Waals surface area (Å²) in [6.07, 6.45) is 1.55. The highest BCUT2D eigenvalue weighted by molar-refractivity contribution is 5.59. The standard InChI is InChI=1S/C9H8N2O2/c10-8-4-6(5-9(12)11-8)7-2-1-3-13-7/h1-5H,(H3,10,11,12). The van der Waals surface area contributed by atoms with Gasteiger partial charge in [-0.15, -0.1) is 0 Å². The zero-order chi connectivity index (χ0) is 9.26.